The molecule has 0 aliphatic heterocycles. The molecular formula is C15H19N3O2S. The van der Waals surface area contributed by atoms with Gasteiger partial charge in [-0.25, -0.2) is 13.1 Å². The summed E-state index contributed by atoms with van der Waals surface area (Å²) in [7, 11) is -3.53. The first-order chi connectivity index (χ1) is 10.0. The molecule has 1 aromatic heterocycles. The van der Waals surface area contributed by atoms with Crippen molar-refractivity contribution >= 4 is 10.0 Å². The number of pyridine rings is 1. The monoisotopic (exact) mass is 305 g/mol. The van der Waals surface area contributed by atoms with Crippen molar-refractivity contribution in [1.29, 1.82) is 0 Å². The molecule has 0 atom stereocenters. The predicted octanol–water partition coefficient (Wildman–Crippen LogP) is 1.37. The van der Waals surface area contributed by atoms with Crippen LogP contribution in [-0.4, -0.2) is 19.9 Å². The average Bonchev–Trinajstić information content (AvgIpc) is 2.48. The number of hydrogen-bond acceptors (Lipinski definition) is 4. The molecule has 6 heteroatoms. The van der Waals surface area contributed by atoms with Gasteiger partial charge in [0.2, 0.25) is 10.0 Å². The molecule has 2 rings (SSSR count). The van der Waals surface area contributed by atoms with E-state index in [1.807, 2.05) is 24.3 Å². The molecule has 0 saturated heterocycles. The molecule has 0 amide bonds. The molecule has 0 spiro atoms. The van der Waals surface area contributed by atoms with Gasteiger partial charge in [-0.05, 0) is 36.2 Å². The van der Waals surface area contributed by atoms with Crippen LogP contribution < -0.4 is 10.5 Å². The molecule has 0 bridgehead atoms. The number of aryl methyl sites for hydroxylation is 1. The van der Waals surface area contributed by atoms with Gasteiger partial charge in [0.1, 0.15) is 0 Å². The van der Waals surface area contributed by atoms with E-state index in [-0.39, 0.29) is 4.90 Å². The highest BCUT2D eigenvalue weighted by Gasteiger charge is 2.16. The molecule has 21 heavy (non-hydrogen) atoms. The first-order valence-corrected chi connectivity index (χ1v) is 8.20. The van der Waals surface area contributed by atoms with Crippen molar-refractivity contribution in [1.82, 2.24) is 9.71 Å². The molecule has 0 saturated carbocycles. The lowest BCUT2D eigenvalue weighted by Gasteiger charge is -2.10. The Balaban J connectivity index is 2.08. The van der Waals surface area contributed by atoms with E-state index in [1.165, 1.54) is 0 Å². The van der Waals surface area contributed by atoms with E-state index in [2.05, 4.69) is 9.71 Å². The fraction of sp³-hybridized carbons (Fsp3) is 0.267. The largest absolute Gasteiger partial charge is 0.326 e. The van der Waals surface area contributed by atoms with Crippen molar-refractivity contribution < 1.29 is 8.42 Å². The summed E-state index contributed by atoms with van der Waals surface area (Å²) in [5.74, 6) is 0. The lowest BCUT2D eigenvalue weighted by Crippen LogP contribution is -2.27. The van der Waals surface area contributed by atoms with Crippen LogP contribution >= 0.6 is 0 Å². The Bertz CT molecular complexity index is 700. The van der Waals surface area contributed by atoms with E-state index in [9.17, 15) is 8.42 Å². The van der Waals surface area contributed by atoms with Gasteiger partial charge in [0.05, 0.1) is 4.90 Å². The average molecular weight is 305 g/mol. The molecule has 0 unspecified atom stereocenters. The highest BCUT2D eigenvalue weighted by atomic mass is 32.2. The van der Waals surface area contributed by atoms with Crippen LogP contribution in [0.4, 0.5) is 0 Å². The summed E-state index contributed by atoms with van der Waals surface area (Å²) < 4.78 is 27.3. The van der Waals surface area contributed by atoms with Crippen molar-refractivity contribution in [3.8, 4) is 0 Å². The van der Waals surface area contributed by atoms with Crippen LogP contribution in [0.15, 0.2) is 47.5 Å². The number of nitrogens with one attached hydrogen (secondary N) is 1. The zero-order chi connectivity index (χ0) is 15.3. The Morgan fingerprint density at radius 1 is 1.24 bits per heavy atom. The topological polar surface area (TPSA) is 85.1 Å². The second kappa shape index (κ2) is 6.80. The van der Waals surface area contributed by atoms with Crippen LogP contribution in [0.5, 0.6) is 0 Å². The third-order valence-corrected chi connectivity index (χ3v) is 4.78. The Labute approximate surface area is 125 Å². The molecule has 2 aromatic rings. The van der Waals surface area contributed by atoms with Crippen molar-refractivity contribution in [2.45, 2.75) is 24.8 Å². The second-order valence-electron chi connectivity index (χ2n) is 4.77. The van der Waals surface area contributed by atoms with Crippen LogP contribution in [-0.2, 0) is 23.0 Å². The number of rotatable bonds is 6. The van der Waals surface area contributed by atoms with E-state index in [4.69, 9.17) is 5.73 Å². The van der Waals surface area contributed by atoms with Gasteiger partial charge in [-0.3, -0.25) is 4.98 Å². The molecule has 0 aliphatic rings. The van der Waals surface area contributed by atoms with Gasteiger partial charge in [0, 0.05) is 31.4 Å². The molecule has 1 aromatic carbocycles. The second-order valence-corrected chi connectivity index (χ2v) is 6.51. The predicted molar refractivity (Wildman–Crippen MR) is 82.2 cm³/mol. The van der Waals surface area contributed by atoms with Crippen molar-refractivity contribution in [2.24, 2.45) is 5.73 Å². The van der Waals surface area contributed by atoms with E-state index < -0.39 is 10.0 Å². The summed E-state index contributed by atoms with van der Waals surface area (Å²) in [4.78, 5) is 4.45. The van der Waals surface area contributed by atoms with Crippen LogP contribution in [0.1, 0.15) is 16.8 Å². The maximum atomic E-state index is 12.3. The molecule has 5 nitrogen and oxygen atoms in total. The lowest BCUT2D eigenvalue weighted by atomic mass is 10.1. The Hall–Kier alpha value is -1.76. The van der Waals surface area contributed by atoms with Crippen molar-refractivity contribution in [3.63, 3.8) is 0 Å². The van der Waals surface area contributed by atoms with Crippen LogP contribution in [0.2, 0.25) is 0 Å². The number of sulfonamides is 1. The Morgan fingerprint density at radius 3 is 2.71 bits per heavy atom. The standard InChI is InChI=1S/C15H19N3O2S/c1-12-5-6-13(11-16)10-15(12)21(19,20)18-9-7-14-4-2-3-8-17-14/h2-6,8,10,18H,7,9,11,16H2,1H3. The molecule has 0 radical (unpaired) electrons. The molecule has 0 fully saturated rings. The number of benzene rings is 1. The van der Waals surface area contributed by atoms with E-state index in [1.54, 1.807) is 25.3 Å². The zero-order valence-corrected chi connectivity index (χ0v) is 12.7. The van der Waals surface area contributed by atoms with Crippen LogP contribution in [0.25, 0.3) is 0 Å². The quantitative estimate of drug-likeness (QED) is 0.844. The van der Waals surface area contributed by atoms with E-state index in [0.717, 1.165) is 11.3 Å². The van der Waals surface area contributed by atoms with Gasteiger partial charge in [-0.1, -0.05) is 18.2 Å². The summed E-state index contributed by atoms with van der Waals surface area (Å²) in [6, 6.07) is 10.8. The highest BCUT2D eigenvalue weighted by Crippen LogP contribution is 2.16. The number of nitrogens with zero attached hydrogens (tertiary/aromatic N) is 1. The van der Waals surface area contributed by atoms with Gasteiger partial charge in [-0.15, -0.1) is 0 Å². The van der Waals surface area contributed by atoms with Crippen molar-refractivity contribution in [3.05, 3.63) is 59.4 Å². The minimum Gasteiger partial charge on any atom is -0.326 e. The summed E-state index contributed by atoms with van der Waals surface area (Å²) >= 11 is 0. The highest BCUT2D eigenvalue weighted by molar-refractivity contribution is 7.89. The number of hydrogen-bond donors (Lipinski definition) is 2. The normalized spacial score (nSPS) is 11.5. The first kappa shape index (κ1) is 15.6. The van der Waals surface area contributed by atoms with Gasteiger partial charge >= 0.3 is 0 Å². The van der Waals surface area contributed by atoms with Gasteiger partial charge in [0.25, 0.3) is 0 Å². The van der Waals surface area contributed by atoms with E-state index >= 15 is 0 Å². The summed E-state index contributed by atoms with van der Waals surface area (Å²) in [6.07, 6.45) is 2.24. The van der Waals surface area contributed by atoms with E-state index in [0.29, 0.717) is 25.1 Å². The lowest BCUT2D eigenvalue weighted by molar-refractivity contribution is 0.580. The molecule has 0 aliphatic carbocycles. The fourth-order valence-corrected chi connectivity index (χ4v) is 3.32. The molecule has 3 N–H and O–H groups in total. The molecule has 1 heterocycles. The maximum absolute atomic E-state index is 12.3. The zero-order valence-electron chi connectivity index (χ0n) is 11.9. The summed E-state index contributed by atoms with van der Waals surface area (Å²) in [6.45, 7) is 2.40. The van der Waals surface area contributed by atoms with Crippen LogP contribution in [0.3, 0.4) is 0 Å². The molecule has 112 valence electrons. The van der Waals surface area contributed by atoms with Gasteiger partial charge < -0.3 is 5.73 Å². The van der Waals surface area contributed by atoms with Crippen LogP contribution in [0, 0.1) is 6.92 Å². The van der Waals surface area contributed by atoms with Gasteiger partial charge in [0.15, 0.2) is 0 Å². The Kier molecular flexibility index (Phi) is 5.06. The maximum Gasteiger partial charge on any atom is 0.240 e. The Morgan fingerprint density at radius 2 is 2.05 bits per heavy atom. The summed E-state index contributed by atoms with van der Waals surface area (Å²) in [5.41, 5.74) is 7.92. The van der Waals surface area contributed by atoms with Gasteiger partial charge in [-0.2, -0.15) is 0 Å². The third-order valence-electron chi connectivity index (χ3n) is 3.18. The third kappa shape index (κ3) is 4.10. The number of nitrogens with two attached hydrogens (primary N) is 1. The minimum absolute atomic E-state index is 0.284. The fourth-order valence-electron chi connectivity index (χ4n) is 2.00. The minimum atomic E-state index is -3.53. The molecular weight excluding hydrogens is 286 g/mol. The number of aromatic nitrogens is 1. The first-order valence-electron chi connectivity index (χ1n) is 6.72. The van der Waals surface area contributed by atoms with Crippen molar-refractivity contribution in [2.75, 3.05) is 6.54 Å². The summed E-state index contributed by atoms with van der Waals surface area (Å²) in [5, 5.41) is 0. The SMILES string of the molecule is Cc1ccc(CN)cc1S(=O)(=O)NCCc1ccccn1. The smallest absolute Gasteiger partial charge is 0.240 e.